The van der Waals surface area contributed by atoms with Crippen LogP contribution in [0, 0.1) is 5.82 Å². The Morgan fingerprint density at radius 1 is 1.48 bits per heavy atom. The number of nitrogens with zero attached hydrogens (tertiary/aromatic N) is 1. The van der Waals surface area contributed by atoms with Crippen LogP contribution in [0.4, 0.5) is 4.39 Å². The summed E-state index contributed by atoms with van der Waals surface area (Å²) in [6.45, 7) is 0. The summed E-state index contributed by atoms with van der Waals surface area (Å²) in [5.41, 5.74) is 0.446. The molecule has 0 unspecified atom stereocenters. The lowest BCUT2D eigenvalue weighted by Crippen LogP contribution is -1.93. The summed E-state index contributed by atoms with van der Waals surface area (Å²) in [7, 11) is 0. The zero-order valence-electron chi connectivity index (χ0n) is 10.4. The van der Waals surface area contributed by atoms with E-state index in [1.54, 1.807) is 12.1 Å². The van der Waals surface area contributed by atoms with Crippen molar-refractivity contribution in [1.29, 1.82) is 0 Å². The predicted molar refractivity (Wildman–Crippen MR) is 80.1 cm³/mol. The number of aliphatic carboxylic acids is 1. The van der Waals surface area contributed by atoms with E-state index in [1.165, 1.54) is 18.3 Å². The lowest BCUT2D eigenvalue weighted by molar-refractivity contribution is -0.131. The molecule has 0 saturated heterocycles. The minimum absolute atomic E-state index is 0.0405. The van der Waals surface area contributed by atoms with Gasteiger partial charge < -0.3 is 9.84 Å². The maximum atomic E-state index is 13.5. The standard InChI is InChI=1S/C14H8BrClFNO3/c15-9-6-10(16)11(17)7-12(9)21-14-8(2-1-5-18-14)3-4-13(19)20/h1-7H,(H,19,20)/b4-3+. The highest BCUT2D eigenvalue weighted by molar-refractivity contribution is 9.10. The van der Waals surface area contributed by atoms with Crippen molar-refractivity contribution in [3.63, 3.8) is 0 Å². The Morgan fingerprint density at radius 3 is 2.95 bits per heavy atom. The van der Waals surface area contributed by atoms with Gasteiger partial charge >= 0.3 is 5.97 Å². The number of halogens is 3. The molecule has 0 saturated carbocycles. The van der Waals surface area contributed by atoms with Gasteiger partial charge in [0.15, 0.2) is 0 Å². The monoisotopic (exact) mass is 371 g/mol. The molecule has 0 aliphatic heterocycles. The van der Waals surface area contributed by atoms with E-state index in [2.05, 4.69) is 20.9 Å². The topological polar surface area (TPSA) is 59.4 Å². The Bertz CT molecular complexity index is 721. The predicted octanol–water partition coefficient (Wildman–Crippen LogP) is 4.53. The highest BCUT2D eigenvalue weighted by Gasteiger charge is 2.11. The minimum atomic E-state index is -1.09. The number of ether oxygens (including phenoxy) is 1. The second-order valence-corrected chi connectivity index (χ2v) is 5.13. The number of hydrogen-bond donors (Lipinski definition) is 1. The zero-order chi connectivity index (χ0) is 15.4. The van der Waals surface area contributed by atoms with Crippen LogP contribution in [0.5, 0.6) is 11.6 Å². The average Bonchev–Trinajstić information content (AvgIpc) is 2.43. The summed E-state index contributed by atoms with van der Waals surface area (Å²) in [5.74, 6) is -1.39. The molecule has 7 heteroatoms. The van der Waals surface area contributed by atoms with Gasteiger partial charge in [0.05, 0.1) is 9.50 Å². The molecule has 0 spiro atoms. The summed E-state index contributed by atoms with van der Waals surface area (Å²) in [5, 5.41) is 8.61. The SMILES string of the molecule is O=C(O)/C=C/c1cccnc1Oc1cc(F)c(Cl)cc1Br. The molecular formula is C14H8BrClFNO3. The number of benzene rings is 1. The number of carboxylic acid groups (broad SMARTS) is 1. The molecule has 2 aromatic rings. The van der Waals surface area contributed by atoms with Crippen LogP contribution in [0.3, 0.4) is 0 Å². The third kappa shape index (κ3) is 4.03. The Hall–Kier alpha value is -1.92. The average molecular weight is 373 g/mol. The first-order valence-corrected chi connectivity index (χ1v) is 6.83. The van der Waals surface area contributed by atoms with E-state index in [1.807, 2.05) is 0 Å². The van der Waals surface area contributed by atoms with E-state index in [0.29, 0.717) is 10.0 Å². The minimum Gasteiger partial charge on any atom is -0.478 e. The lowest BCUT2D eigenvalue weighted by atomic mass is 10.2. The number of carbonyl (C=O) groups is 1. The van der Waals surface area contributed by atoms with Crippen LogP contribution >= 0.6 is 27.5 Å². The molecule has 1 aromatic heterocycles. The summed E-state index contributed by atoms with van der Waals surface area (Å²) in [6.07, 6.45) is 3.78. The Labute approximate surface area is 133 Å². The van der Waals surface area contributed by atoms with Gasteiger partial charge in [-0.15, -0.1) is 0 Å². The van der Waals surface area contributed by atoms with Crippen LogP contribution in [0.15, 0.2) is 41.0 Å². The molecule has 21 heavy (non-hydrogen) atoms. The number of hydrogen-bond acceptors (Lipinski definition) is 3. The largest absolute Gasteiger partial charge is 0.478 e. The normalized spacial score (nSPS) is 10.8. The van der Waals surface area contributed by atoms with Crippen molar-refractivity contribution in [1.82, 2.24) is 4.98 Å². The van der Waals surface area contributed by atoms with E-state index < -0.39 is 11.8 Å². The Balaban J connectivity index is 2.36. The molecule has 1 aromatic carbocycles. The number of rotatable bonds is 4. The fourth-order valence-electron chi connectivity index (χ4n) is 1.46. The zero-order valence-corrected chi connectivity index (χ0v) is 12.7. The third-order valence-corrected chi connectivity index (χ3v) is 3.30. The highest BCUT2D eigenvalue weighted by Crippen LogP contribution is 2.34. The molecule has 1 heterocycles. The fraction of sp³-hybridized carbons (Fsp3) is 0. The summed E-state index contributed by atoms with van der Waals surface area (Å²) >= 11 is 8.86. The molecule has 0 fully saturated rings. The van der Waals surface area contributed by atoms with Crippen LogP contribution in [-0.4, -0.2) is 16.1 Å². The Kier molecular flexibility index (Phi) is 4.93. The van der Waals surface area contributed by atoms with Gasteiger partial charge in [0.25, 0.3) is 0 Å². The van der Waals surface area contributed by atoms with E-state index in [0.717, 1.165) is 12.1 Å². The maximum Gasteiger partial charge on any atom is 0.328 e. The van der Waals surface area contributed by atoms with Crippen LogP contribution in [-0.2, 0) is 4.79 Å². The Morgan fingerprint density at radius 2 is 2.24 bits per heavy atom. The highest BCUT2D eigenvalue weighted by atomic mass is 79.9. The summed E-state index contributed by atoms with van der Waals surface area (Å²) < 4.78 is 19.4. The van der Waals surface area contributed by atoms with Crippen molar-refractivity contribution < 1.29 is 19.0 Å². The van der Waals surface area contributed by atoms with Gasteiger partial charge in [-0.05, 0) is 40.2 Å². The first kappa shape index (κ1) is 15.5. The van der Waals surface area contributed by atoms with E-state index in [9.17, 15) is 9.18 Å². The second-order valence-electron chi connectivity index (χ2n) is 3.87. The fourth-order valence-corrected chi connectivity index (χ4v) is 2.18. The molecule has 0 aliphatic carbocycles. The first-order chi connectivity index (χ1) is 9.97. The van der Waals surface area contributed by atoms with Gasteiger partial charge in [-0.25, -0.2) is 14.2 Å². The van der Waals surface area contributed by atoms with Gasteiger partial charge in [0.1, 0.15) is 11.6 Å². The lowest BCUT2D eigenvalue weighted by Gasteiger charge is -2.09. The van der Waals surface area contributed by atoms with Crippen molar-refractivity contribution >= 4 is 39.6 Å². The smallest absolute Gasteiger partial charge is 0.328 e. The van der Waals surface area contributed by atoms with Crippen LogP contribution in [0.2, 0.25) is 5.02 Å². The van der Waals surface area contributed by atoms with Crippen LogP contribution in [0.25, 0.3) is 6.08 Å². The first-order valence-electron chi connectivity index (χ1n) is 5.66. The molecule has 0 radical (unpaired) electrons. The molecule has 108 valence electrons. The summed E-state index contributed by atoms with van der Waals surface area (Å²) in [6, 6.07) is 5.74. The molecule has 0 bridgehead atoms. The van der Waals surface area contributed by atoms with Crippen molar-refractivity contribution in [3.05, 3.63) is 57.4 Å². The molecule has 0 aliphatic rings. The molecular weight excluding hydrogens is 365 g/mol. The van der Waals surface area contributed by atoms with E-state index in [4.69, 9.17) is 21.4 Å². The quantitative estimate of drug-likeness (QED) is 0.633. The van der Waals surface area contributed by atoms with Gasteiger partial charge in [-0.2, -0.15) is 0 Å². The van der Waals surface area contributed by atoms with E-state index >= 15 is 0 Å². The van der Waals surface area contributed by atoms with Crippen LogP contribution < -0.4 is 4.74 Å². The van der Waals surface area contributed by atoms with Crippen LogP contribution in [0.1, 0.15) is 5.56 Å². The van der Waals surface area contributed by atoms with Gasteiger partial charge in [0, 0.05) is 23.9 Å². The molecule has 1 N–H and O–H groups in total. The van der Waals surface area contributed by atoms with Crippen molar-refractivity contribution in [2.75, 3.05) is 0 Å². The van der Waals surface area contributed by atoms with Gasteiger partial charge in [0.2, 0.25) is 5.88 Å². The van der Waals surface area contributed by atoms with Gasteiger partial charge in [-0.1, -0.05) is 11.6 Å². The van der Waals surface area contributed by atoms with Gasteiger partial charge in [-0.3, -0.25) is 0 Å². The van der Waals surface area contributed by atoms with Crippen molar-refractivity contribution in [2.24, 2.45) is 0 Å². The van der Waals surface area contributed by atoms with E-state index in [-0.39, 0.29) is 16.7 Å². The number of carboxylic acids is 1. The summed E-state index contributed by atoms with van der Waals surface area (Å²) in [4.78, 5) is 14.6. The molecule has 0 atom stereocenters. The maximum absolute atomic E-state index is 13.5. The van der Waals surface area contributed by atoms with Crippen molar-refractivity contribution in [2.45, 2.75) is 0 Å². The molecule has 2 rings (SSSR count). The second kappa shape index (κ2) is 6.69. The number of pyridine rings is 1. The molecule has 4 nitrogen and oxygen atoms in total. The van der Waals surface area contributed by atoms with Crippen molar-refractivity contribution in [3.8, 4) is 11.6 Å². The third-order valence-electron chi connectivity index (χ3n) is 2.39. The molecule has 0 amide bonds. The number of aromatic nitrogens is 1.